The fourth-order valence-corrected chi connectivity index (χ4v) is 2.30. The van der Waals surface area contributed by atoms with Crippen molar-refractivity contribution in [1.29, 1.82) is 0 Å². The van der Waals surface area contributed by atoms with Gasteiger partial charge < -0.3 is 15.2 Å². The molecule has 0 fully saturated rings. The third-order valence-electron chi connectivity index (χ3n) is 3.19. The number of anilines is 1. The van der Waals surface area contributed by atoms with Gasteiger partial charge in [-0.15, -0.1) is 0 Å². The number of carbonyl (C=O) groups excluding carboxylic acids is 1. The Morgan fingerprint density at radius 2 is 2.18 bits per heavy atom. The second-order valence-electron chi connectivity index (χ2n) is 4.27. The zero-order valence-corrected chi connectivity index (χ0v) is 9.27. The van der Waals surface area contributed by atoms with E-state index in [1.807, 2.05) is 6.07 Å². The topological polar surface area (TPSA) is 58.6 Å². The van der Waals surface area contributed by atoms with Gasteiger partial charge in [0.2, 0.25) is 5.60 Å². The standard InChI is InChI=1S/C13H13NO3/c15-12-13(16,11-7-3-4-8-17-11)9-5-1-2-6-10(9)14-12/h1-2,5-7,16H,3-4,8H2,(H,14,15). The van der Waals surface area contributed by atoms with Gasteiger partial charge in [-0.3, -0.25) is 4.79 Å². The minimum atomic E-state index is -1.66. The molecule has 1 unspecified atom stereocenters. The number of para-hydroxylation sites is 1. The van der Waals surface area contributed by atoms with Crippen LogP contribution >= 0.6 is 0 Å². The fourth-order valence-electron chi connectivity index (χ4n) is 2.30. The number of benzene rings is 1. The van der Waals surface area contributed by atoms with E-state index in [9.17, 15) is 9.90 Å². The van der Waals surface area contributed by atoms with E-state index >= 15 is 0 Å². The van der Waals surface area contributed by atoms with Crippen LogP contribution in [0.5, 0.6) is 0 Å². The largest absolute Gasteiger partial charge is 0.494 e. The fraction of sp³-hybridized carbons (Fsp3) is 0.308. The van der Waals surface area contributed by atoms with E-state index in [-0.39, 0.29) is 0 Å². The smallest absolute Gasteiger partial charge is 0.269 e. The number of hydrogen-bond donors (Lipinski definition) is 2. The highest BCUT2D eigenvalue weighted by atomic mass is 16.5. The third-order valence-corrected chi connectivity index (χ3v) is 3.19. The molecule has 2 N–H and O–H groups in total. The average Bonchev–Trinajstić information content (AvgIpc) is 2.64. The van der Waals surface area contributed by atoms with Crippen LogP contribution in [-0.2, 0) is 15.1 Å². The summed E-state index contributed by atoms with van der Waals surface area (Å²) in [5.41, 5.74) is -0.440. The molecule has 2 aliphatic rings. The number of fused-ring (bicyclic) bond motifs is 1. The Labute approximate surface area is 98.9 Å². The van der Waals surface area contributed by atoms with Crippen molar-refractivity contribution in [1.82, 2.24) is 0 Å². The minimum absolute atomic E-state index is 0.353. The molecule has 0 saturated carbocycles. The molecule has 0 saturated heterocycles. The van der Waals surface area contributed by atoms with Gasteiger partial charge in [-0.05, 0) is 25.0 Å². The zero-order chi connectivity index (χ0) is 11.9. The summed E-state index contributed by atoms with van der Waals surface area (Å²) in [4.78, 5) is 12.0. The molecule has 1 aromatic rings. The molecule has 3 rings (SSSR count). The normalized spacial score (nSPS) is 26.9. The van der Waals surface area contributed by atoms with Crippen molar-refractivity contribution in [3.8, 4) is 0 Å². The van der Waals surface area contributed by atoms with Gasteiger partial charge in [-0.1, -0.05) is 18.2 Å². The number of hydrogen-bond acceptors (Lipinski definition) is 3. The van der Waals surface area contributed by atoms with Crippen LogP contribution in [0.15, 0.2) is 36.1 Å². The first-order valence-electron chi connectivity index (χ1n) is 5.69. The van der Waals surface area contributed by atoms with Crippen molar-refractivity contribution < 1.29 is 14.6 Å². The Hall–Kier alpha value is -1.81. The predicted molar refractivity (Wildman–Crippen MR) is 62.2 cm³/mol. The molecular weight excluding hydrogens is 218 g/mol. The number of rotatable bonds is 1. The van der Waals surface area contributed by atoms with Crippen molar-refractivity contribution in [3.63, 3.8) is 0 Å². The summed E-state index contributed by atoms with van der Waals surface area (Å²) in [7, 11) is 0. The van der Waals surface area contributed by atoms with Gasteiger partial charge >= 0.3 is 0 Å². The zero-order valence-electron chi connectivity index (χ0n) is 9.27. The number of ether oxygens (including phenoxy) is 1. The predicted octanol–water partition coefficient (Wildman–Crippen LogP) is 1.52. The Kier molecular flexibility index (Phi) is 2.19. The molecule has 4 heteroatoms. The molecule has 0 radical (unpaired) electrons. The molecule has 0 bridgehead atoms. The molecule has 1 aromatic carbocycles. The lowest BCUT2D eigenvalue weighted by Crippen LogP contribution is -2.38. The number of nitrogens with one attached hydrogen (secondary N) is 1. The van der Waals surface area contributed by atoms with Crippen molar-refractivity contribution in [3.05, 3.63) is 41.7 Å². The van der Waals surface area contributed by atoms with Crippen LogP contribution in [0.1, 0.15) is 18.4 Å². The van der Waals surface area contributed by atoms with E-state index in [4.69, 9.17) is 4.74 Å². The van der Waals surface area contributed by atoms with Crippen LogP contribution in [0.3, 0.4) is 0 Å². The van der Waals surface area contributed by atoms with Gasteiger partial charge in [-0.25, -0.2) is 0 Å². The maximum atomic E-state index is 12.0. The molecule has 0 spiro atoms. The lowest BCUT2D eigenvalue weighted by Gasteiger charge is -2.26. The second-order valence-corrected chi connectivity index (χ2v) is 4.27. The lowest BCUT2D eigenvalue weighted by atomic mass is 9.91. The van der Waals surface area contributed by atoms with Crippen LogP contribution in [-0.4, -0.2) is 17.6 Å². The van der Waals surface area contributed by atoms with E-state index < -0.39 is 11.5 Å². The minimum Gasteiger partial charge on any atom is -0.494 e. The maximum absolute atomic E-state index is 12.0. The molecule has 2 aliphatic heterocycles. The highest BCUT2D eigenvalue weighted by molar-refractivity contribution is 6.06. The SMILES string of the molecule is O=C1Nc2ccccc2C1(O)C1=CCCCO1. The third kappa shape index (κ3) is 1.37. The van der Waals surface area contributed by atoms with E-state index in [0.717, 1.165) is 12.8 Å². The maximum Gasteiger partial charge on any atom is 0.269 e. The summed E-state index contributed by atoms with van der Waals surface area (Å²) >= 11 is 0. The summed E-state index contributed by atoms with van der Waals surface area (Å²) < 4.78 is 5.44. The molecular formula is C13H13NO3. The number of amides is 1. The summed E-state index contributed by atoms with van der Waals surface area (Å²) in [5.74, 6) is -0.0851. The average molecular weight is 231 g/mol. The van der Waals surface area contributed by atoms with Gasteiger partial charge in [-0.2, -0.15) is 0 Å². The highest BCUT2D eigenvalue weighted by Gasteiger charge is 2.49. The van der Waals surface area contributed by atoms with E-state index in [1.165, 1.54) is 0 Å². The summed E-state index contributed by atoms with van der Waals surface area (Å²) in [6.07, 6.45) is 3.54. The van der Waals surface area contributed by atoms with Crippen LogP contribution in [0.2, 0.25) is 0 Å². The molecule has 4 nitrogen and oxygen atoms in total. The van der Waals surface area contributed by atoms with Crippen LogP contribution < -0.4 is 5.32 Å². The first-order chi connectivity index (χ1) is 8.23. The van der Waals surface area contributed by atoms with Crippen molar-refractivity contribution in [2.45, 2.75) is 18.4 Å². The quantitative estimate of drug-likeness (QED) is 0.770. The Morgan fingerprint density at radius 1 is 1.35 bits per heavy atom. The Bertz CT molecular complexity index is 509. The number of allylic oxidation sites excluding steroid dienone is 1. The van der Waals surface area contributed by atoms with E-state index in [0.29, 0.717) is 23.6 Å². The van der Waals surface area contributed by atoms with Gasteiger partial charge in [0.25, 0.3) is 5.91 Å². The van der Waals surface area contributed by atoms with Crippen LogP contribution in [0.4, 0.5) is 5.69 Å². The van der Waals surface area contributed by atoms with Crippen molar-refractivity contribution in [2.24, 2.45) is 0 Å². The second kappa shape index (κ2) is 3.60. The first kappa shape index (κ1) is 10.4. The van der Waals surface area contributed by atoms with Crippen molar-refractivity contribution in [2.75, 3.05) is 11.9 Å². The molecule has 1 amide bonds. The summed E-state index contributed by atoms with van der Waals surface area (Å²) in [5, 5.41) is 13.3. The van der Waals surface area contributed by atoms with Gasteiger partial charge in [0.1, 0.15) is 5.76 Å². The number of carbonyl (C=O) groups is 1. The molecule has 0 aromatic heterocycles. The monoisotopic (exact) mass is 231 g/mol. The van der Waals surface area contributed by atoms with E-state index in [1.54, 1.807) is 24.3 Å². The van der Waals surface area contributed by atoms with Gasteiger partial charge in [0.15, 0.2) is 0 Å². The molecule has 17 heavy (non-hydrogen) atoms. The molecule has 1 atom stereocenters. The van der Waals surface area contributed by atoms with Crippen molar-refractivity contribution >= 4 is 11.6 Å². The van der Waals surface area contributed by atoms with Gasteiger partial charge in [0.05, 0.1) is 6.61 Å². The summed E-state index contributed by atoms with van der Waals surface area (Å²) in [6.45, 7) is 0.545. The molecule has 2 heterocycles. The van der Waals surface area contributed by atoms with Gasteiger partial charge in [0, 0.05) is 11.3 Å². The van der Waals surface area contributed by atoms with Crippen LogP contribution in [0, 0.1) is 0 Å². The lowest BCUT2D eigenvalue weighted by molar-refractivity contribution is -0.134. The first-order valence-corrected chi connectivity index (χ1v) is 5.69. The Morgan fingerprint density at radius 3 is 2.94 bits per heavy atom. The Balaban J connectivity index is 2.12. The van der Waals surface area contributed by atoms with Crippen LogP contribution in [0.25, 0.3) is 0 Å². The molecule has 88 valence electrons. The molecule has 0 aliphatic carbocycles. The highest BCUT2D eigenvalue weighted by Crippen LogP contribution is 2.42. The number of aliphatic hydroxyl groups is 1. The summed E-state index contributed by atoms with van der Waals surface area (Å²) in [6, 6.07) is 7.13. The van der Waals surface area contributed by atoms with E-state index in [2.05, 4.69) is 5.32 Å².